The number of hydrogen-bond acceptors (Lipinski definition) is 13. The number of carbonyl (C=O) groups is 4. The van der Waals surface area contributed by atoms with E-state index < -0.39 is 23.8 Å². The SMILES string of the molecule is Cc1cc(N2CC(N3CC(N4CCC(Nc5ncnc(N)c5C(=N)c5ccc(Oc6ccccc6)cc5)CC4)C3)C2)ccc1C(=O)N(C=O)C1CCC(=O)NC1=O. The van der Waals surface area contributed by atoms with Gasteiger partial charge in [-0.3, -0.25) is 44.6 Å². The Morgan fingerprint density at radius 3 is 2.32 bits per heavy atom. The summed E-state index contributed by atoms with van der Waals surface area (Å²) < 4.78 is 5.92. The number of rotatable bonds is 12. The highest BCUT2D eigenvalue weighted by Crippen LogP contribution is 2.32. The molecule has 1 atom stereocenters. The van der Waals surface area contributed by atoms with Crippen molar-refractivity contribution in [2.24, 2.45) is 0 Å². The number of ether oxygens (including phenoxy) is 1. The van der Waals surface area contributed by atoms with Gasteiger partial charge in [-0.2, -0.15) is 0 Å². The third kappa shape index (κ3) is 7.93. The van der Waals surface area contributed by atoms with Crippen molar-refractivity contribution >= 4 is 47.2 Å². The Bertz CT molecular complexity index is 2160. The van der Waals surface area contributed by atoms with Gasteiger partial charge in [-0.1, -0.05) is 18.2 Å². The normalized spacial score (nSPS) is 19.6. The first kappa shape index (κ1) is 37.7. The van der Waals surface area contributed by atoms with Crippen LogP contribution in [0.4, 0.5) is 17.3 Å². The third-order valence-electron chi connectivity index (χ3n) is 11.6. The van der Waals surface area contributed by atoms with Crippen LogP contribution in [0.2, 0.25) is 0 Å². The number of benzene rings is 3. The molecule has 8 rings (SSSR count). The molecule has 0 radical (unpaired) electrons. The number of likely N-dealkylation sites (tertiary alicyclic amines) is 2. The molecule has 0 bridgehead atoms. The van der Waals surface area contributed by atoms with E-state index in [1.807, 2.05) is 73.7 Å². The van der Waals surface area contributed by atoms with Crippen LogP contribution in [0.15, 0.2) is 79.1 Å². The Morgan fingerprint density at radius 1 is 0.930 bits per heavy atom. The van der Waals surface area contributed by atoms with Crippen LogP contribution in [-0.4, -0.2) is 118 Å². The van der Waals surface area contributed by atoms with Crippen LogP contribution in [0.5, 0.6) is 11.5 Å². The van der Waals surface area contributed by atoms with Crippen LogP contribution in [0.3, 0.4) is 0 Å². The van der Waals surface area contributed by atoms with Crippen molar-refractivity contribution < 1.29 is 23.9 Å². The molecule has 0 spiro atoms. The Kier molecular flexibility index (Phi) is 10.7. The zero-order chi connectivity index (χ0) is 39.6. The number of hydrogen-bond donors (Lipinski definition) is 4. The predicted molar refractivity (Wildman–Crippen MR) is 214 cm³/mol. The van der Waals surface area contributed by atoms with Crippen molar-refractivity contribution in [2.75, 3.05) is 55.2 Å². The van der Waals surface area contributed by atoms with Crippen molar-refractivity contribution in [1.82, 2.24) is 30.0 Å². The van der Waals surface area contributed by atoms with Gasteiger partial charge in [0.1, 0.15) is 35.5 Å². The van der Waals surface area contributed by atoms with Gasteiger partial charge in [0, 0.05) is 80.6 Å². The molecule has 0 aliphatic carbocycles. The van der Waals surface area contributed by atoms with E-state index in [2.05, 4.69) is 35.3 Å². The van der Waals surface area contributed by atoms with Crippen molar-refractivity contribution in [2.45, 2.75) is 56.8 Å². The first-order valence-electron chi connectivity index (χ1n) is 19.4. The number of piperidine rings is 2. The highest BCUT2D eigenvalue weighted by atomic mass is 16.5. The van der Waals surface area contributed by atoms with Gasteiger partial charge in [0.2, 0.25) is 18.2 Å². The predicted octanol–water partition coefficient (Wildman–Crippen LogP) is 3.43. The van der Waals surface area contributed by atoms with Gasteiger partial charge in [-0.25, -0.2) is 9.97 Å². The van der Waals surface area contributed by atoms with Gasteiger partial charge in [-0.15, -0.1) is 0 Å². The second-order valence-electron chi connectivity index (χ2n) is 15.2. The van der Waals surface area contributed by atoms with Crippen LogP contribution in [0, 0.1) is 12.3 Å². The Labute approximate surface area is 330 Å². The molecule has 5 N–H and O–H groups in total. The summed E-state index contributed by atoms with van der Waals surface area (Å²) in [5.41, 5.74) is 9.86. The van der Waals surface area contributed by atoms with E-state index in [4.69, 9.17) is 15.9 Å². The minimum atomic E-state index is -0.998. The number of carbonyl (C=O) groups excluding carboxylic acids is 4. The van der Waals surface area contributed by atoms with Crippen molar-refractivity contribution in [3.8, 4) is 11.5 Å². The largest absolute Gasteiger partial charge is 0.457 e. The molecule has 15 nitrogen and oxygen atoms in total. The number of anilines is 3. The third-order valence-corrected chi connectivity index (χ3v) is 11.6. The number of para-hydroxylation sites is 1. The Morgan fingerprint density at radius 2 is 1.63 bits per heavy atom. The van der Waals surface area contributed by atoms with Crippen molar-refractivity contribution in [3.05, 3.63) is 101 Å². The molecular weight excluding hydrogens is 725 g/mol. The second-order valence-corrected chi connectivity index (χ2v) is 15.2. The number of nitrogens with zero attached hydrogens (tertiary/aromatic N) is 6. The van der Waals surface area contributed by atoms with Crippen molar-refractivity contribution in [1.29, 1.82) is 5.41 Å². The Hall–Kier alpha value is -6.19. The second kappa shape index (κ2) is 16.1. The van der Waals surface area contributed by atoms with Gasteiger partial charge >= 0.3 is 0 Å². The lowest BCUT2D eigenvalue weighted by Gasteiger charge is -2.55. The molecule has 4 fully saturated rings. The number of aromatic nitrogens is 2. The van der Waals surface area contributed by atoms with E-state index in [1.54, 1.807) is 6.07 Å². The lowest BCUT2D eigenvalue weighted by Crippen LogP contribution is -2.70. The van der Waals surface area contributed by atoms with Crippen LogP contribution in [0.25, 0.3) is 0 Å². The summed E-state index contributed by atoms with van der Waals surface area (Å²) in [6.07, 6.45) is 3.91. The maximum Gasteiger partial charge on any atom is 0.261 e. The van der Waals surface area contributed by atoms with E-state index in [0.717, 1.165) is 74.0 Å². The highest BCUT2D eigenvalue weighted by molar-refractivity contribution is 6.16. The maximum absolute atomic E-state index is 13.3. The van der Waals surface area contributed by atoms with Gasteiger partial charge in [-0.05, 0) is 86.3 Å². The van der Waals surface area contributed by atoms with Crippen LogP contribution in [-0.2, 0) is 14.4 Å². The lowest BCUT2D eigenvalue weighted by atomic mass is 9.95. The van der Waals surface area contributed by atoms with Gasteiger partial charge in [0.25, 0.3) is 5.91 Å². The molecule has 4 aliphatic rings. The zero-order valence-electron chi connectivity index (χ0n) is 31.8. The van der Waals surface area contributed by atoms with Gasteiger partial charge < -0.3 is 20.7 Å². The van der Waals surface area contributed by atoms with Crippen LogP contribution < -0.4 is 26.0 Å². The fraction of sp³-hybridized carbons (Fsp3) is 0.357. The first-order chi connectivity index (χ1) is 27.6. The number of nitrogens with one attached hydrogen (secondary N) is 3. The fourth-order valence-corrected chi connectivity index (χ4v) is 8.16. The molecule has 5 heterocycles. The first-order valence-corrected chi connectivity index (χ1v) is 19.4. The summed E-state index contributed by atoms with van der Waals surface area (Å²) in [5.74, 6) is 0.678. The summed E-state index contributed by atoms with van der Waals surface area (Å²) >= 11 is 0. The van der Waals surface area contributed by atoms with Crippen LogP contribution >= 0.6 is 0 Å². The average molecular weight is 771 g/mol. The average Bonchev–Trinajstić information content (AvgIpc) is 3.17. The molecule has 4 amide bonds. The summed E-state index contributed by atoms with van der Waals surface area (Å²) in [6, 6.07) is 22.7. The smallest absolute Gasteiger partial charge is 0.261 e. The lowest BCUT2D eigenvalue weighted by molar-refractivity contribution is -0.139. The number of aryl methyl sites for hydroxylation is 1. The summed E-state index contributed by atoms with van der Waals surface area (Å²) in [5, 5.41) is 14.8. The number of nitrogens with two attached hydrogens (primary N) is 1. The van der Waals surface area contributed by atoms with Crippen LogP contribution in [0.1, 0.15) is 52.7 Å². The molecule has 1 unspecified atom stereocenters. The van der Waals surface area contributed by atoms with E-state index in [9.17, 15) is 19.2 Å². The molecule has 57 heavy (non-hydrogen) atoms. The number of amides is 4. The maximum atomic E-state index is 13.3. The van der Waals surface area contributed by atoms with Gasteiger partial charge in [0.05, 0.1) is 11.3 Å². The van der Waals surface area contributed by atoms with E-state index in [-0.39, 0.29) is 30.4 Å². The standard InChI is InChI=1S/C42H46N10O5/c1-26-19-29(9-12-34(26)42(56)52(25-53)35-13-14-36(54)48-41(35)55)50-22-31(23-50)51-20-30(21-51)49-17-15-28(16-18-49)47-40-37(39(44)45-24-46-40)38(43)27-7-10-33(11-8-27)57-32-5-3-2-4-6-32/h2-12,19,24-25,28,30-31,35,43H,13-18,20-23H2,1H3,(H,48,54,55)(H3,44,45,46,47). The summed E-state index contributed by atoms with van der Waals surface area (Å²) in [6.45, 7) is 7.63. The molecular formula is C42H46N10O5. The summed E-state index contributed by atoms with van der Waals surface area (Å²) in [4.78, 5) is 66.0. The Balaban J connectivity index is 0.793. The topological polar surface area (TPSA) is 190 Å². The highest BCUT2D eigenvalue weighted by Gasteiger charge is 2.42. The monoisotopic (exact) mass is 770 g/mol. The molecule has 15 heteroatoms. The molecule has 294 valence electrons. The minimum absolute atomic E-state index is 0.0796. The molecule has 3 aromatic carbocycles. The summed E-state index contributed by atoms with van der Waals surface area (Å²) in [7, 11) is 0. The van der Waals surface area contributed by atoms with Gasteiger partial charge in [0.15, 0.2) is 0 Å². The van der Waals surface area contributed by atoms with E-state index in [1.165, 1.54) is 6.33 Å². The van der Waals surface area contributed by atoms with E-state index in [0.29, 0.717) is 46.8 Å². The molecule has 4 aliphatic heterocycles. The minimum Gasteiger partial charge on any atom is -0.457 e. The number of imide groups is 2. The molecule has 1 aromatic heterocycles. The molecule has 4 aromatic rings. The van der Waals surface area contributed by atoms with E-state index >= 15 is 0 Å². The fourth-order valence-electron chi connectivity index (χ4n) is 8.16. The molecule has 4 saturated heterocycles. The molecule has 0 saturated carbocycles. The zero-order valence-corrected chi connectivity index (χ0v) is 31.8. The number of nitrogen functional groups attached to an aromatic ring is 1. The van der Waals surface area contributed by atoms with Crippen molar-refractivity contribution in [3.63, 3.8) is 0 Å². The quantitative estimate of drug-likeness (QED) is 0.0935.